The predicted octanol–water partition coefficient (Wildman–Crippen LogP) is 2.36. The Morgan fingerprint density at radius 2 is 2.25 bits per heavy atom. The lowest BCUT2D eigenvalue weighted by Crippen LogP contribution is -2.40. The van der Waals surface area contributed by atoms with Crippen LogP contribution >= 0.6 is 11.3 Å². The van der Waals surface area contributed by atoms with E-state index >= 15 is 0 Å². The summed E-state index contributed by atoms with van der Waals surface area (Å²) >= 11 is 1.41. The number of nitrogens with zero attached hydrogens (tertiary/aromatic N) is 3. The van der Waals surface area contributed by atoms with E-state index in [1.165, 1.54) is 23.9 Å². The van der Waals surface area contributed by atoms with Gasteiger partial charge in [0.1, 0.15) is 6.26 Å². The highest BCUT2D eigenvalue weighted by atomic mass is 32.1. The second kappa shape index (κ2) is 5.31. The Labute approximate surface area is 140 Å². The Balaban J connectivity index is 1.57. The van der Waals surface area contributed by atoms with Crippen LogP contribution in [-0.4, -0.2) is 27.0 Å². The molecule has 1 atom stereocenters. The van der Waals surface area contributed by atoms with Crippen molar-refractivity contribution < 1.29 is 18.5 Å². The van der Waals surface area contributed by atoms with Crippen molar-refractivity contribution >= 4 is 23.3 Å². The van der Waals surface area contributed by atoms with Crippen molar-refractivity contribution in [1.82, 2.24) is 20.4 Å². The molecular formula is C15H12N4O4S. The average Bonchev–Trinajstić information content (AvgIpc) is 3.34. The molecule has 4 heterocycles. The molecule has 1 aliphatic heterocycles. The fourth-order valence-electron chi connectivity index (χ4n) is 2.53. The summed E-state index contributed by atoms with van der Waals surface area (Å²) in [5, 5.41) is 8.41. The minimum Gasteiger partial charge on any atom is -0.472 e. The summed E-state index contributed by atoms with van der Waals surface area (Å²) < 4.78 is 10.1. The van der Waals surface area contributed by atoms with Gasteiger partial charge < -0.3 is 14.3 Å². The number of aromatic nitrogens is 2. The van der Waals surface area contributed by atoms with Gasteiger partial charge >= 0.3 is 6.03 Å². The number of rotatable bonds is 4. The van der Waals surface area contributed by atoms with Crippen molar-refractivity contribution in [2.45, 2.75) is 19.0 Å². The van der Waals surface area contributed by atoms with Gasteiger partial charge in [0, 0.05) is 4.88 Å². The molecule has 1 N–H and O–H groups in total. The fourth-order valence-corrected chi connectivity index (χ4v) is 3.37. The molecule has 1 aliphatic rings. The van der Waals surface area contributed by atoms with Gasteiger partial charge in [-0.05, 0) is 24.4 Å². The van der Waals surface area contributed by atoms with Crippen molar-refractivity contribution in [2.24, 2.45) is 0 Å². The van der Waals surface area contributed by atoms with Gasteiger partial charge in [-0.1, -0.05) is 11.2 Å². The quantitative estimate of drug-likeness (QED) is 0.729. The molecule has 9 heteroatoms. The maximum atomic E-state index is 12.7. The van der Waals surface area contributed by atoms with Crippen LogP contribution in [0.4, 0.5) is 4.79 Å². The van der Waals surface area contributed by atoms with Crippen molar-refractivity contribution in [1.29, 1.82) is 0 Å². The van der Waals surface area contributed by atoms with E-state index in [4.69, 9.17) is 8.94 Å². The molecular weight excluding hydrogens is 332 g/mol. The van der Waals surface area contributed by atoms with Crippen LogP contribution in [0.3, 0.4) is 0 Å². The van der Waals surface area contributed by atoms with Crippen LogP contribution in [-0.2, 0) is 16.9 Å². The van der Waals surface area contributed by atoms with E-state index in [2.05, 4.69) is 15.5 Å². The summed E-state index contributed by atoms with van der Waals surface area (Å²) in [5.41, 5.74) is -0.433. The molecule has 3 aromatic heterocycles. The minimum absolute atomic E-state index is 0.0625. The zero-order chi connectivity index (χ0) is 16.7. The largest absolute Gasteiger partial charge is 0.472 e. The third kappa shape index (κ3) is 2.21. The Morgan fingerprint density at radius 1 is 1.38 bits per heavy atom. The van der Waals surface area contributed by atoms with Gasteiger partial charge in [0.15, 0.2) is 11.4 Å². The maximum Gasteiger partial charge on any atom is 0.325 e. The molecule has 122 valence electrons. The minimum atomic E-state index is -1.07. The van der Waals surface area contributed by atoms with Crippen LogP contribution in [0.1, 0.15) is 17.6 Å². The third-order valence-electron chi connectivity index (χ3n) is 3.82. The first-order valence-corrected chi connectivity index (χ1v) is 7.99. The predicted molar refractivity (Wildman–Crippen MR) is 82.8 cm³/mol. The number of nitrogens with one attached hydrogen (secondary N) is 1. The molecule has 0 aromatic carbocycles. The lowest BCUT2D eigenvalue weighted by molar-refractivity contribution is -0.131. The molecule has 0 unspecified atom stereocenters. The second-order valence-corrected chi connectivity index (χ2v) is 6.40. The van der Waals surface area contributed by atoms with E-state index in [0.717, 1.165) is 9.78 Å². The number of imide groups is 1. The number of carbonyl (C=O) groups is 2. The monoisotopic (exact) mass is 344 g/mol. The zero-order valence-electron chi connectivity index (χ0n) is 12.6. The lowest BCUT2D eigenvalue weighted by atomic mass is 10.0. The first kappa shape index (κ1) is 14.6. The summed E-state index contributed by atoms with van der Waals surface area (Å²) in [6, 6.07) is 4.85. The molecule has 24 heavy (non-hydrogen) atoms. The first-order valence-electron chi connectivity index (χ1n) is 7.11. The summed E-state index contributed by atoms with van der Waals surface area (Å²) in [6.45, 7) is 1.62. The Bertz CT molecular complexity index is 887. The highest BCUT2D eigenvalue weighted by Gasteiger charge is 2.49. The van der Waals surface area contributed by atoms with Crippen LogP contribution in [0.15, 0.2) is 45.0 Å². The standard InChI is InChI=1S/C15H12N4O4S/c1-15(10-3-2-6-24-10)13(20)19(14(21)17-15)7-11-16-12(23-18-11)9-4-5-22-8-9/h2-6,8H,7H2,1H3,(H,17,21)/t15-/m0/s1. The van der Waals surface area contributed by atoms with Crippen molar-refractivity contribution in [3.8, 4) is 11.5 Å². The lowest BCUT2D eigenvalue weighted by Gasteiger charge is -2.19. The number of carbonyl (C=O) groups excluding carboxylic acids is 2. The Kier molecular flexibility index (Phi) is 3.24. The van der Waals surface area contributed by atoms with Gasteiger partial charge in [-0.25, -0.2) is 4.79 Å². The number of furan rings is 1. The Hall–Kier alpha value is -2.94. The van der Waals surface area contributed by atoms with Gasteiger partial charge in [0.2, 0.25) is 0 Å². The molecule has 8 nitrogen and oxygen atoms in total. The van der Waals surface area contributed by atoms with Crippen LogP contribution in [0.5, 0.6) is 0 Å². The molecule has 0 bridgehead atoms. The zero-order valence-corrected chi connectivity index (χ0v) is 13.4. The number of amides is 3. The smallest absolute Gasteiger partial charge is 0.325 e. The van der Waals surface area contributed by atoms with Crippen LogP contribution < -0.4 is 5.32 Å². The van der Waals surface area contributed by atoms with Crippen LogP contribution in [0.25, 0.3) is 11.5 Å². The van der Waals surface area contributed by atoms with Crippen molar-refractivity contribution in [2.75, 3.05) is 0 Å². The molecule has 0 aliphatic carbocycles. The topological polar surface area (TPSA) is 101 Å². The number of hydrogen-bond acceptors (Lipinski definition) is 7. The van der Waals surface area contributed by atoms with Crippen molar-refractivity contribution in [3.05, 3.63) is 46.8 Å². The van der Waals surface area contributed by atoms with E-state index in [9.17, 15) is 9.59 Å². The molecule has 4 rings (SSSR count). The number of thiophene rings is 1. The van der Waals surface area contributed by atoms with Crippen LogP contribution in [0.2, 0.25) is 0 Å². The molecule has 1 saturated heterocycles. The molecule has 0 radical (unpaired) electrons. The van der Waals surface area contributed by atoms with E-state index in [0.29, 0.717) is 5.56 Å². The molecule has 3 amide bonds. The fraction of sp³-hybridized carbons (Fsp3) is 0.200. The second-order valence-electron chi connectivity index (χ2n) is 5.45. The highest BCUT2D eigenvalue weighted by Crippen LogP contribution is 2.32. The van der Waals surface area contributed by atoms with Crippen LogP contribution in [0, 0.1) is 0 Å². The van der Waals surface area contributed by atoms with Crippen molar-refractivity contribution in [3.63, 3.8) is 0 Å². The van der Waals surface area contributed by atoms with Gasteiger partial charge in [-0.2, -0.15) is 4.98 Å². The summed E-state index contributed by atoms with van der Waals surface area (Å²) in [4.78, 5) is 31.0. The van der Waals surface area contributed by atoms with E-state index in [1.807, 2.05) is 17.5 Å². The molecule has 3 aromatic rings. The van der Waals surface area contributed by atoms with Gasteiger partial charge in [-0.15, -0.1) is 11.3 Å². The maximum absolute atomic E-state index is 12.7. The molecule has 0 saturated carbocycles. The molecule has 1 fully saturated rings. The van der Waals surface area contributed by atoms with E-state index in [1.54, 1.807) is 13.0 Å². The summed E-state index contributed by atoms with van der Waals surface area (Å²) in [7, 11) is 0. The van der Waals surface area contributed by atoms with E-state index in [-0.39, 0.29) is 24.2 Å². The highest BCUT2D eigenvalue weighted by molar-refractivity contribution is 7.10. The van der Waals surface area contributed by atoms with Gasteiger partial charge in [0.05, 0.1) is 18.4 Å². The average molecular weight is 344 g/mol. The van der Waals surface area contributed by atoms with E-state index < -0.39 is 11.6 Å². The summed E-state index contributed by atoms with van der Waals surface area (Å²) in [5.74, 6) is 0.168. The number of urea groups is 1. The SMILES string of the molecule is C[C@@]1(c2cccs2)NC(=O)N(Cc2noc(-c3ccoc3)n2)C1=O. The molecule has 0 spiro atoms. The summed E-state index contributed by atoms with van der Waals surface area (Å²) in [6.07, 6.45) is 2.96. The Morgan fingerprint density at radius 3 is 2.96 bits per heavy atom. The third-order valence-corrected chi connectivity index (χ3v) is 4.92. The number of hydrogen-bond donors (Lipinski definition) is 1. The normalized spacial score (nSPS) is 20.6. The van der Waals surface area contributed by atoms with Gasteiger partial charge in [-0.3, -0.25) is 9.69 Å². The first-order chi connectivity index (χ1) is 11.6. The van der Waals surface area contributed by atoms with Gasteiger partial charge in [0.25, 0.3) is 11.8 Å².